The van der Waals surface area contributed by atoms with Crippen LogP contribution >= 0.6 is 11.6 Å². The van der Waals surface area contributed by atoms with Crippen LogP contribution in [0.15, 0.2) is 36.4 Å². The summed E-state index contributed by atoms with van der Waals surface area (Å²) in [7, 11) is 1.91. The fraction of sp³-hybridized carbons (Fsp3) is 0.333. The zero-order valence-corrected chi connectivity index (χ0v) is 16.6. The van der Waals surface area contributed by atoms with Gasteiger partial charge in [-0.15, -0.1) is 0 Å². The molecule has 7 heteroatoms. The van der Waals surface area contributed by atoms with Crippen LogP contribution < -0.4 is 16.0 Å². The van der Waals surface area contributed by atoms with Crippen molar-refractivity contribution in [3.63, 3.8) is 0 Å². The Morgan fingerprint density at radius 3 is 2.75 bits per heavy atom. The van der Waals surface area contributed by atoms with Crippen LogP contribution in [0.4, 0.5) is 21.8 Å². The second-order valence-corrected chi connectivity index (χ2v) is 7.67. The second kappa shape index (κ2) is 7.89. The van der Waals surface area contributed by atoms with Crippen LogP contribution in [0.2, 0.25) is 5.02 Å². The van der Waals surface area contributed by atoms with Gasteiger partial charge in [0, 0.05) is 23.7 Å². The molecule has 0 aliphatic heterocycles. The number of nitrogens with one attached hydrogen (secondary N) is 3. The van der Waals surface area contributed by atoms with Crippen molar-refractivity contribution in [2.75, 3.05) is 17.7 Å². The highest BCUT2D eigenvalue weighted by molar-refractivity contribution is 6.31. The van der Waals surface area contributed by atoms with Gasteiger partial charge in [-0.25, -0.2) is 9.37 Å². The number of hydrogen-bond acceptors (Lipinski definition) is 5. The summed E-state index contributed by atoms with van der Waals surface area (Å²) in [5.41, 5.74) is 2.61. The van der Waals surface area contributed by atoms with Crippen LogP contribution in [-0.2, 0) is 6.54 Å². The predicted molar refractivity (Wildman–Crippen MR) is 113 cm³/mol. The molecule has 0 bridgehead atoms. The lowest BCUT2D eigenvalue weighted by Gasteiger charge is -2.18. The molecule has 1 unspecified atom stereocenters. The lowest BCUT2D eigenvalue weighted by atomic mass is 10.1. The molecule has 1 aliphatic rings. The van der Waals surface area contributed by atoms with Gasteiger partial charge in [-0.3, -0.25) is 0 Å². The molecule has 1 atom stereocenters. The maximum absolute atomic E-state index is 13.5. The molecule has 1 saturated carbocycles. The van der Waals surface area contributed by atoms with Crippen LogP contribution in [0.5, 0.6) is 0 Å². The van der Waals surface area contributed by atoms with Crippen LogP contribution in [0.3, 0.4) is 0 Å². The fourth-order valence-corrected chi connectivity index (χ4v) is 3.52. The molecule has 1 fully saturated rings. The van der Waals surface area contributed by atoms with E-state index in [1.54, 1.807) is 6.07 Å². The standard InChI is InChI=1S/C21H23ClFN5/c1-12(13-6-7-13)25-20-16-5-3-4-14(11-24-2)19(16)27-21(28-20)26-15-8-9-18(23)17(22)10-15/h3-5,8-10,12-13,24H,6-7,11H2,1-2H3,(H2,25,26,27,28). The summed E-state index contributed by atoms with van der Waals surface area (Å²) in [6, 6.07) is 10.9. The number of hydrogen-bond donors (Lipinski definition) is 3. The number of anilines is 3. The molecule has 2 aromatic carbocycles. The van der Waals surface area contributed by atoms with Crippen molar-refractivity contribution in [1.82, 2.24) is 15.3 Å². The lowest BCUT2D eigenvalue weighted by Crippen LogP contribution is -2.19. The summed E-state index contributed by atoms with van der Waals surface area (Å²) in [5, 5.41) is 11.0. The van der Waals surface area contributed by atoms with E-state index in [-0.39, 0.29) is 5.02 Å². The van der Waals surface area contributed by atoms with Gasteiger partial charge in [-0.2, -0.15) is 4.98 Å². The monoisotopic (exact) mass is 399 g/mol. The Balaban J connectivity index is 1.76. The predicted octanol–water partition coefficient (Wildman–Crippen LogP) is 5.10. The largest absolute Gasteiger partial charge is 0.367 e. The quantitative estimate of drug-likeness (QED) is 0.516. The first-order valence-corrected chi connectivity index (χ1v) is 9.86. The highest BCUT2D eigenvalue weighted by atomic mass is 35.5. The van der Waals surface area contributed by atoms with Crippen LogP contribution in [-0.4, -0.2) is 23.1 Å². The highest BCUT2D eigenvalue weighted by Crippen LogP contribution is 2.35. The van der Waals surface area contributed by atoms with Gasteiger partial charge in [0.05, 0.1) is 10.5 Å². The van der Waals surface area contributed by atoms with Crippen molar-refractivity contribution in [1.29, 1.82) is 0 Å². The molecule has 1 aliphatic carbocycles. The van der Waals surface area contributed by atoms with Crippen molar-refractivity contribution in [3.05, 3.63) is 52.8 Å². The normalized spacial score (nSPS) is 14.9. The first-order chi connectivity index (χ1) is 13.5. The van der Waals surface area contributed by atoms with Crippen molar-refractivity contribution in [2.45, 2.75) is 32.4 Å². The molecule has 0 saturated heterocycles. The van der Waals surface area contributed by atoms with E-state index in [1.807, 2.05) is 19.2 Å². The number of benzene rings is 2. The van der Waals surface area contributed by atoms with E-state index in [1.165, 1.54) is 25.0 Å². The molecular weight excluding hydrogens is 377 g/mol. The smallest absolute Gasteiger partial charge is 0.229 e. The summed E-state index contributed by atoms with van der Waals surface area (Å²) >= 11 is 5.91. The zero-order valence-electron chi connectivity index (χ0n) is 15.9. The van der Waals surface area contributed by atoms with Gasteiger partial charge in [0.2, 0.25) is 5.95 Å². The number of nitrogens with zero attached hydrogens (tertiary/aromatic N) is 2. The molecule has 4 rings (SSSR count). The Bertz CT molecular complexity index is 1010. The first kappa shape index (κ1) is 18.9. The molecule has 1 aromatic heterocycles. The molecular formula is C21H23ClFN5. The lowest BCUT2D eigenvalue weighted by molar-refractivity contribution is 0.628. The highest BCUT2D eigenvalue weighted by Gasteiger charge is 2.28. The molecule has 0 amide bonds. The molecule has 1 heterocycles. The second-order valence-electron chi connectivity index (χ2n) is 7.26. The van der Waals surface area contributed by atoms with E-state index >= 15 is 0 Å². The Hall–Kier alpha value is -2.44. The van der Waals surface area contributed by atoms with Crippen molar-refractivity contribution < 1.29 is 4.39 Å². The molecule has 3 N–H and O–H groups in total. The summed E-state index contributed by atoms with van der Waals surface area (Å²) in [6.45, 7) is 2.89. The minimum absolute atomic E-state index is 0.0577. The van der Waals surface area contributed by atoms with Gasteiger partial charge in [0.15, 0.2) is 0 Å². The number of fused-ring (bicyclic) bond motifs is 1. The Kier molecular flexibility index (Phi) is 5.33. The third kappa shape index (κ3) is 4.03. The Morgan fingerprint density at radius 1 is 1.21 bits per heavy atom. The van der Waals surface area contributed by atoms with Gasteiger partial charge in [0.1, 0.15) is 11.6 Å². The average molecular weight is 400 g/mol. The third-order valence-corrected chi connectivity index (χ3v) is 5.34. The number of halogens is 2. The van der Waals surface area contributed by atoms with Crippen molar-refractivity contribution in [2.24, 2.45) is 5.92 Å². The summed E-state index contributed by atoms with van der Waals surface area (Å²) in [5.74, 6) is 1.49. The third-order valence-electron chi connectivity index (χ3n) is 5.05. The van der Waals surface area contributed by atoms with Gasteiger partial charge < -0.3 is 16.0 Å². The molecule has 0 radical (unpaired) electrons. The fourth-order valence-electron chi connectivity index (χ4n) is 3.34. The van der Waals surface area contributed by atoms with Gasteiger partial charge in [-0.05, 0) is 62.6 Å². The Morgan fingerprint density at radius 2 is 2.04 bits per heavy atom. The van der Waals surface area contributed by atoms with Crippen LogP contribution in [0.1, 0.15) is 25.3 Å². The van der Waals surface area contributed by atoms with Crippen LogP contribution in [0, 0.1) is 11.7 Å². The van der Waals surface area contributed by atoms with Crippen LogP contribution in [0.25, 0.3) is 10.9 Å². The summed E-state index contributed by atoms with van der Waals surface area (Å²) < 4.78 is 13.5. The number of para-hydroxylation sites is 1. The summed E-state index contributed by atoms with van der Waals surface area (Å²) in [4.78, 5) is 9.44. The maximum atomic E-state index is 13.5. The minimum atomic E-state index is -0.455. The van der Waals surface area contributed by atoms with E-state index in [0.29, 0.717) is 30.1 Å². The number of rotatable bonds is 7. The van der Waals surface area contributed by atoms with E-state index in [9.17, 15) is 4.39 Å². The van der Waals surface area contributed by atoms with E-state index < -0.39 is 5.82 Å². The van der Waals surface area contributed by atoms with Crippen molar-refractivity contribution in [3.8, 4) is 0 Å². The van der Waals surface area contributed by atoms with Gasteiger partial charge in [-0.1, -0.05) is 23.7 Å². The van der Waals surface area contributed by atoms with E-state index in [4.69, 9.17) is 21.6 Å². The Labute approximate surface area is 168 Å². The van der Waals surface area contributed by atoms with Gasteiger partial charge in [0.25, 0.3) is 0 Å². The SMILES string of the molecule is CNCc1cccc2c(NC(C)C3CC3)nc(Nc3ccc(F)c(Cl)c3)nc12. The summed E-state index contributed by atoms with van der Waals surface area (Å²) in [6.07, 6.45) is 2.50. The van der Waals surface area contributed by atoms with Crippen molar-refractivity contribution >= 4 is 40.0 Å². The molecule has 28 heavy (non-hydrogen) atoms. The topological polar surface area (TPSA) is 61.9 Å². The van der Waals surface area contributed by atoms with Gasteiger partial charge >= 0.3 is 0 Å². The molecule has 0 spiro atoms. The molecule has 3 aromatic rings. The number of aromatic nitrogens is 2. The van der Waals surface area contributed by atoms with E-state index in [0.717, 1.165) is 22.3 Å². The van der Waals surface area contributed by atoms with E-state index in [2.05, 4.69) is 28.9 Å². The molecule has 146 valence electrons. The maximum Gasteiger partial charge on any atom is 0.229 e. The minimum Gasteiger partial charge on any atom is -0.367 e. The first-order valence-electron chi connectivity index (χ1n) is 9.48. The molecule has 5 nitrogen and oxygen atoms in total. The zero-order chi connectivity index (χ0) is 19.7. The average Bonchev–Trinajstić information content (AvgIpc) is 3.51.